The van der Waals surface area contributed by atoms with Crippen LogP contribution in [-0.4, -0.2) is 25.3 Å². The Bertz CT molecular complexity index is 980. The second-order valence-corrected chi connectivity index (χ2v) is 5.72. The van der Waals surface area contributed by atoms with Crippen LogP contribution in [0.4, 0.5) is 17.6 Å². The van der Waals surface area contributed by atoms with Crippen molar-refractivity contribution in [2.75, 3.05) is 10.6 Å². The first-order valence-electron chi connectivity index (χ1n) is 8.13. The number of aromatic nitrogens is 5. The molecule has 1 aromatic carbocycles. The average molecular weight is 347 g/mol. The highest BCUT2D eigenvalue weighted by Gasteiger charge is 2.08. The van der Waals surface area contributed by atoms with Gasteiger partial charge >= 0.3 is 0 Å². The van der Waals surface area contributed by atoms with Crippen LogP contribution in [-0.2, 0) is 6.54 Å². The minimum Gasteiger partial charge on any atom is -0.356 e. The van der Waals surface area contributed by atoms with Gasteiger partial charge < -0.3 is 15.2 Å². The summed E-state index contributed by atoms with van der Waals surface area (Å²) in [6, 6.07) is 15.4. The third-order valence-corrected chi connectivity index (χ3v) is 3.66. The first-order chi connectivity index (χ1) is 12.8. The lowest BCUT2D eigenvalue weighted by Gasteiger charge is -2.07. The highest BCUT2D eigenvalue weighted by Crippen LogP contribution is 2.20. The second-order valence-electron chi connectivity index (χ2n) is 5.72. The van der Waals surface area contributed by atoms with Crippen LogP contribution in [0.3, 0.4) is 0 Å². The Balaban J connectivity index is 1.45. The summed E-state index contributed by atoms with van der Waals surface area (Å²) in [6.45, 7) is 2.37. The molecule has 0 aliphatic heterocycles. The maximum absolute atomic E-state index is 5.40. The minimum atomic E-state index is 0.462. The number of aryl methyl sites for hydroxylation is 1. The summed E-state index contributed by atoms with van der Waals surface area (Å²) >= 11 is 0. The molecule has 3 heterocycles. The van der Waals surface area contributed by atoms with Crippen molar-refractivity contribution in [2.24, 2.45) is 0 Å². The molecule has 3 aromatic heterocycles. The fourth-order valence-corrected chi connectivity index (χ4v) is 2.48. The maximum Gasteiger partial charge on any atom is 0.225 e. The zero-order valence-electron chi connectivity index (χ0n) is 14.1. The molecule has 4 rings (SSSR count). The van der Waals surface area contributed by atoms with Crippen LogP contribution in [0.25, 0.3) is 11.3 Å². The molecule has 4 aromatic rings. The van der Waals surface area contributed by atoms with Gasteiger partial charge in [0.15, 0.2) is 5.76 Å². The number of hydrogen-bond acceptors (Lipinski definition) is 7. The van der Waals surface area contributed by atoms with Gasteiger partial charge in [0.25, 0.3) is 0 Å². The Hall–Kier alpha value is -3.68. The van der Waals surface area contributed by atoms with Gasteiger partial charge in [0.2, 0.25) is 5.95 Å². The Labute approximate surface area is 149 Å². The van der Waals surface area contributed by atoms with E-state index in [1.807, 2.05) is 55.5 Å². The van der Waals surface area contributed by atoms with Crippen molar-refractivity contribution in [3.63, 3.8) is 0 Å². The maximum atomic E-state index is 5.40. The van der Waals surface area contributed by atoms with E-state index in [9.17, 15) is 0 Å². The fraction of sp³-hybridized carbons (Fsp3) is 0.111. The molecular weight excluding hydrogens is 330 g/mol. The van der Waals surface area contributed by atoms with Gasteiger partial charge in [0, 0.05) is 29.5 Å². The quantitative estimate of drug-likeness (QED) is 0.490. The minimum absolute atomic E-state index is 0.462. The van der Waals surface area contributed by atoms with Crippen molar-refractivity contribution in [1.82, 2.24) is 25.3 Å². The van der Waals surface area contributed by atoms with Crippen LogP contribution in [0.2, 0.25) is 0 Å². The van der Waals surface area contributed by atoms with Gasteiger partial charge in [-0.15, -0.1) is 0 Å². The van der Waals surface area contributed by atoms with Crippen molar-refractivity contribution in [2.45, 2.75) is 13.5 Å². The normalized spacial score (nSPS) is 10.7. The number of hydrogen-bond donors (Lipinski definition) is 3. The molecule has 130 valence electrons. The van der Waals surface area contributed by atoms with E-state index in [-0.39, 0.29) is 0 Å². The largest absolute Gasteiger partial charge is 0.356 e. The molecule has 0 spiro atoms. The lowest BCUT2D eigenvalue weighted by atomic mass is 10.2. The molecule has 8 heteroatoms. The summed E-state index contributed by atoms with van der Waals surface area (Å²) in [5.41, 5.74) is 2.61. The van der Waals surface area contributed by atoms with E-state index in [4.69, 9.17) is 4.52 Å². The molecule has 0 saturated carbocycles. The molecule has 0 radical (unpaired) electrons. The third kappa shape index (κ3) is 3.69. The zero-order valence-corrected chi connectivity index (χ0v) is 14.1. The highest BCUT2D eigenvalue weighted by molar-refractivity contribution is 5.57. The number of aromatic amines is 1. The second kappa shape index (κ2) is 7.06. The monoisotopic (exact) mass is 347 g/mol. The first kappa shape index (κ1) is 15.8. The van der Waals surface area contributed by atoms with Crippen LogP contribution in [0.1, 0.15) is 11.4 Å². The molecule has 3 N–H and O–H groups in total. The van der Waals surface area contributed by atoms with Crippen LogP contribution in [0.5, 0.6) is 0 Å². The molecule has 0 atom stereocenters. The zero-order chi connectivity index (χ0) is 17.8. The summed E-state index contributed by atoms with van der Waals surface area (Å²) in [5.74, 6) is 2.68. The van der Waals surface area contributed by atoms with Gasteiger partial charge in [-0.2, -0.15) is 10.1 Å². The molecular formula is C18H17N7O. The van der Waals surface area contributed by atoms with E-state index in [0.717, 1.165) is 28.5 Å². The molecule has 0 saturated heterocycles. The number of nitrogens with zero attached hydrogens (tertiary/aromatic N) is 4. The molecule has 0 amide bonds. The molecule has 0 fully saturated rings. The lowest BCUT2D eigenvalue weighted by molar-refractivity contribution is 0.424. The molecule has 8 nitrogen and oxygen atoms in total. The predicted octanol–water partition coefficient (Wildman–Crippen LogP) is 3.52. The summed E-state index contributed by atoms with van der Waals surface area (Å²) in [7, 11) is 0. The van der Waals surface area contributed by atoms with Crippen molar-refractivity contribution in [1.29, 1.82) is 0 Å². The topological polar surface area (TPSA) is 105 Å². The van der Waals surface area contributed by atoms with Crippen molar-refractivity contribution in [3.05, 3.63) is 66.1 Å². The first-order valence-corrected chi connectivity index (χ1v) is 8.13. The summed E-state index contributed by atoms with van der Waals surface area (Å²) < 4.78 is 5.40. The Morgan fingerprint density at radius 1 is 1.08 bits per heavy atom. The van der Waals surface area contributed by atoms with Crippen LogP contribution in [0.15, 0.2) is 59.3 Å². The van der Waals surface area contributed by atoms with E-state index in [1.165, 1.54) is 0 Å². The van der Waals surface area contributed by atoms with Crippen LogP contribution >= 0.6 is 0 Å². The number of H-pyrrole nitrogens is 1. The third-order valence-electron chi connectivity index (χ3n) is 3.66. The number of nitrogens with one attached hydrogen (secondary N) is 3. The van der Waals surface area contributed by atoms with E-state index in [0.29, 0.717) is 18.3 Å². The average Bonchev–Trinajstić information content (AvgIpc) is 3.32. The predicted molar refractivity (Wildman–Crippen MR) is 97.9 cm³/mol. The molecule has 0 aliphatic carbocycles. The van der Waals surface area contributed by atoms with E-state index < -0.39 is 0 Å². The Morgan fingerprint density at radius 3 is 2.77 bits per heavy atom. The smallest absolute Gasteiger partial charge is 0.225 e. The van der Waals surface area contributed by atoms with Crippen molar-refractivity contribution < 1.29 is 4.52 Å². The van der Waals surface area contributed by atoms with Crippen LogP contribution in [0, 0.1) is 6.92 Å². The Kier molecular flexibility index (Phi) is 4.29. The molecule has 0 aliphatic rings. The highest BCUT2D eigenvalue weighted by atomic mass is 16.5. The summed E-state index contributed by atoms with van der Waals surface area (Å²) in [5, 5.41) is 17.2. The number of anilines is 3. The molecule has 26 heavy (non-hydrogen) atoms. The van der Waals surface area contributed by atoms with E-state index >= 15 is 0 Å². The number of rotatable bonds is 6. The standard InChI is InChI=1S/C18H17N7O/c1-12-9-17(22-16-7-8-20-24-16)23-18(21-12)19-11-14-10-15(26-25-14)13-5-3-2-4-6-13/h2-10H,11H2,1H3,(H3,19,20,21,22,23,24). The molecule has 0 bridgehead atoms. The number of benzene rings is 1. The SMILES string of the molecule is Cc1cc(Nc2ccn[nH]2)nc(NCc2cc(-c3ccccc3)on2)n1. The van der Waals surface area contributed by atoms with Crippen molar-refractivity contribution >= 4 is 17.6 Å². The fourth-order valence-electron chi connectivity index (χ4n) is 2.48. The lowest BCUT2D eigenvalue weighted by Crippen LogP contribution is -2.06. The van der Waals surface area contributed by atoms with Gasteiger partial charge in [0.1, 0.15) is 17.3 Å². The van der Waals surface area contributed by atoms with Gasteiger partial charge in [0.05, 0.1) is 12.7 Å². The van der Waals surface area contributed by atoms with Gasteiger partial charge in [-0.3, -0.25) is 5.10 Å². The van der Waals surface area contributed by atoms with Gasteiger partial charge in [-0.1, -0.05) is 35.5 Å². The van der Waals surface area contributed by atoms with Gasteiger partial charge in [-0.25, -0.2) is 4.98 Å². The summed E-state index contributed by atoms with van der Waals surface area (Å²) in [4.78, 5) is 8.85. The van der Waals surface area contributed by atoms with Crippen LogP contribution < -0.4 is 10.6 Å². The van der Waals surface area contributed by atoms with E-state index in [1.54, 1.807) is 6.20 Å². The summed E-state index contributed by atoms with van der Waals surface area (Å²) in [6.07, 6.45) is 1.67. The van der Waals surface area contributed by atoms with E-state index in [2.05, 4.69) is 36.0 Å². The Morgan fingerprint density at radius 2 is 1.96 bits per heavy atom. The molecule has 0 unspecified atom stereocenters. The van der Waals surface area contributed by atoms with Gasteiger partial charge in [-0.05, 0) is 6.92 Å². The van der Waals surface area contributed by atoms with Crippen molar-refractivity contribution in [3.8, 4) is 11.3 Å².